The van der Waals surface area contributed by atoms with Crippen molar-refractivity contribution in [1.29, 1.82) is 0 Å². The van der Waals surface area contributed by atoms with E-state index in [0.717, 1.165) is 12.8 Å². The van der Waals surface area contributed by atoms with E-state index in [9.17, 15) is 15.0 Å². The maximum Gasteiger partial charge on any atom is 0.341 e. The van der Waals surface area contributed by atoms with E-state index < -0.39 is 17.7 Å². The van der Waals surface area contributed by atoms with Gasteiger partial charge in [-0.2, -0.15) is 0 Å². The number of ether oxygens (including phenoxy) is 1. The van der Waals surface area contributed by atoms with Gasteiger partial charge in [0.1, 0.15) is 0 Å². The molecule has 2 aliphatic rings. The fourth-order valence-electron chi connectivity index (χ4n) is 2.76. The second-order valence-electron chi connectivity index (χ2n) is 5.05. The molecule has 2 N–H and O–H groups in total. The third-order valence-electron chi connectivity index (χ3n) is 3.87. The lowest BCUT2D eigenvalue weighted by Crippen LogP contribution is -2.46. The van der Waals surface area contributed by atoms with Crippen LogP contribution < -0.4 is 0 Å². The lowest BCUT2D eigenvalue weighted by molar-refractivity contribution is -0.162. The summed E-state index contributed by atoms with van der Waals surface area (Å²) in [4.78, 5) is 11.5. The summed E-state index contributed by atoms with van der Waals surface area (Å²) < 4.78 is 4.87. The van der Waals surface area contributed by atoms with Crippen LogP contribution in [-0.4, -0.2) is 34.5 Å². The van der Waals surface area contributed by atoms with Crippen molar-refractivity contribution in [3.63, 3.8) is 0 Å². The first-order valence-electron chi connectivity index (χ1n) is 6.51. The van der Waals surface area contributed by atoms with Crippen LogP contribution in [0.4, 0.5) is 0 Å². The lowest BCUT2D eigenvalue weighted by atomic mass is 9.88. The van der Waals surface area contributed by atoms with Gasteiger partial charge in [-0.05, 0) is 18.8 Å². The van der Waals surface area contributed by atoms with Crippen LogP contribution in [0.3, 0.4) is 0 Å². The normalized spacial score (nSPS) is 39.7. The highest BCUT2D eigenvalue weighted by atomic mass is 16.6. The number of rotatable bonds is 4. The van der Waals surface area contributed by atoms with Crippen molar-refractivity contribution >= 4 is 5.97 Å². The molecule has 1 saturated carbocycles. The number of carbonyl (C=O) groups excluding carboxylic acids is 1. The van der Waals surface area contributed by atoms with Gasteiger partial charge in [0.2, 0.25) is 0 Å². The molecule has 0 amide bonds. The van der Waals surface area contributed by atoms with Gasteiger partial charge in [0.05, 0.1) is 12.7 Å². The topological polar surface area (TPSA) is 66.8 Å². The molecule has 4 nitrogen and oxygen atoms in total. The Morgan fingerprint density at radius 2 is 2.28 bits per heavy atom. The number of hydrogen-bond acceptors (Lipinski definition) is 4. The molecule has 1 aliphatic carbocycles. The van der Waals surface area contributed by atoms with Gasteiger partial charge < -0.3 is 14.9 Å². The second-order valence-corrected chi connectivity index (χ2v) is 5.05. The molecular formula is C14H20O4. The summed E-state index contributed by atoms with van der Waals surface area (Å²) in [5, 5.41) is 20.0. The molecular weight excluding hydrogens is 232 g/mol. The van der Waals surface area contributed by atoms with Gasteiger partial charge in [-0.25, -0.2) is 4.79 Å². The molecule has 4 atom stereocenters. The molecule has 1 aliphatic heterocycles. The molecule has 4 unspecified atom stereocenters. The van der Waals surface area contributed by atoms with Gasteiger partial charge in [-0.3, -0.25) is 0 Å². The Balaban J connectivity index is 2.02. The van der Waals surface area contributed by atoms with Crippen LogP contribution in [0, 0.1) is 11.8 Å². The van der Waals surface area contributed by atoms with Gasteiger partial charge in [-0.15, -0.1) is 0 Å². The summed E-state index contributed by atoms with van der Waals surface area (Å²) in [6, 6.07) is 0. The minimum absolute atomic E-state index is 0.0114. The SMILES string of the molecule is CCCC=CC=CC1CC(O)C2(O)C(=O)OCC12. The van der Waals surface area contributed by atoms with Crippen LogP contribution in [0.25, 0.3) is 0 Å². The Labute approximate surface area is 107 Å². The third-order valence-corrected chi connectivity index (χ3v) is 3.87. The van der Waals surface area contributed by atoms with Crippen molar-refractivity contribution in [2.75, 3.05) is 6.61 Å². The highest BCUT2D eigenvalue weighted by Crippen LogP contribution is 2.45. The molecule has 4 heteroatoms. The fraction of sp³-hybridized carbons (Fsp3) is 0.643. The number of aliphatic hydroxyl groups excluding tert-OH is 1. The van der Waals surface area contributed by atoms with E-state index in [1.807, 2.05) is 18.2 Å². The number of allylic oxidation sites excluding steroid dienone is 4. The van der Waals surface area contributed by atoms with Crippen molar-refractivity contribution in [2.45, 2.75) is 37.9 Å². The Kier molecular flexibility index (Phi) is 3.88. The molecule has 0 spiro atoms. The lowest BCUT2D eigenvalue weighted by Gasteiger charge is -2.21. The maximum absolute atomic E-state index is 11.5. The zero-order chi connectivity index (χ0) is 13.2. The summed E-state index contributed by atoms with van der Waals surface area (Å²) in [6.07, 6.45) is 9.43. The fourth-order valence-corrected chi connectivity index (χ4v) is 2.76. The van der Waals surface area contributed by atoms with Crippen molar-refractivity contribution in [1.82, 2.24) is 0 Å². The number of cyclic esters (lactones) is 1. The van der Waals surface area contributed by atoms with Crippen LogP contribution >= 0.6 is 0 Å². The van der Waals surface area contributed by atoms with Crippen LogP contribution in [0.5, 0.6) is 0 Å². The van der Waals surface area contributed by atoms with Crippen molar-refractivity contribution in [3.8, 4) is 0 Å². The van der Waals surface area contributed by atoms with Crippen molar-refractivity contribution < 1.29 is 19.7 Å². The van der Waals surface area contributed by atoms with Gasteiger partial charge in [0.25, 0.3) is 0 Å². The van der Waals surface area contributed by atoms with Crippen LogP contribution in [0.1, 0.15) is 26.2 Å². The first-order valence-corrected chi connectivity index (χ1v) is 6.51. The predicted molar refractivity (Wildman–Crippen MR) is 66.7 cm³/mol. The van der Waals surface area contributed by atoms with Crippen LogP contribution in [-0.2, 0) is 9.53 Å². The smallest absolute Gasteiger partial charge is 0.341 e. The molecule has 2 rings (SSSR count). The average Bonchev–Trinajstić information content (AvgIpc) is 2.77. The van der Waals surface area contributed by atoms with E-state index in [-0.39, 0.29) is 18.4 Å². The van der Waals surface area contributed by atoms with E-state index in [0.29, 0.717) is 6.42 Å². The average molecular weight is 252 g/mol. The molecule has 1 saturated heterocycles. The van der Waals surface area contributed by atoms with Gasteiger partial charge in [0.15, 0.2) is 5.60 Å². The molecule has 0 aromatic carbocycles. The van der Waals surface area contributed by atoms with Gasteiger partial charge in [0, 0.05) is 5.92 Å². The third kappa shape index (κ3) is 2.10. The largest absolute Gasteiger partial charge is 0.463 e. The van der Waals surface area contributed by atoms with Gasteiger partial charge in [-0.1, -0.05) is 37.6 Å². The highest BCUT2D eigenvalue weighted by Gasteiger charge is 2.63. The summed E-state index contributed by atoms with van der Waals surface area (Å²) in [6.45, 7) is 2.31. The summed E-state index contributed by atoms with van der Waals surface area (Å²) >= 11 is 0. The van der Waals surface area contributed by atoms with E-state index >= 15 is 0 Å². The highest BCUT2D eigenvalue weighted by molar-refractivity contribution is 5.83. The number of esters is 1. The molecule has 0 radical (unpaired) electrons. The molecule has 1 heterocycles. The van der Waals surface area contributed by atoms with Crippen LogP contribution in [0.2, 0.25) is 0 Å². The molecule has 2 fully saturated rings. The first kappa shape index (κ1) is 13.3. The molecule has 18 heavy (non-hydrogen) atoms. The zero-order valence-corrected chi connectivity index (χ0v) is 10.6. The molecule has 0 bridgehead atoms. The Hall–Kier alpha value is -1.13. The molecule has 0 aromatic heterocycles. The van der Waals surface area contributed by atoms with E-state index in [1.165, 1.54) is 0 Å². The summed E-state index contributed by atoms with van der Waals surface area (Å²) in [5.41, 5.74) is -1.69. The van der Waals surface area contributed by atoms with Crippen molar-refractivity contribution in [2.24, 2.45) is 11.8 Å². The van der Waals surface area contributed by atoms with E-state index in [2.05, 4.69) is 13.0 Å². The Bertz CT molecular complexity index is 374. The first-order chi connectivity index (χ1) is 8.60. The predicted octanol–water partition coefficient (Wildman–Crippen LogP) is 1.18. The number of fused-ring (bicyclic) bond motifs is 1. The standard InChI is InChI=1S/C14H20O4/c1-2-3-4-5-6-7-10-8-12(15)14(17)11(10)9-18-13(14)16/h4-7,10-12,15,17H,2-3,8-9H2,1H3. The number of unbranched alkanes of at least 4 members (excludes halogenated alkanes) is 1. The molecule has 100 valence electrons. The summed E-state index contributed by atoms with van der Waals surface area (Å²) in [5.74, 6) is -1.02. The molecule has 0 aromatic rings. The quantitative estimate of drug-likeness (QED) is 0.582. The maximum atomic E-state index is 11.5. The Morgan fingerprint density at radius 1 is 1.50 bits per heavy atom. The zero-order valence-electron chi connectivity index (χ0n) is 10.6. The second kappa shape index (κ2) is 5.24. The summed E-state index contributed by atoms with van der Waals surface area (Å²) in [7, 11) is 0. The van der Waals surface area contributed by atoms with Gasteiger partial charge >= 0.3 is 5.97 Å². The minimum Gasteiger partial charge on any atom is -0.463 e. The number of aliphatic hydroxyl groups is 2. The Morgan fingerprint density at radius 3 is 3.00 bits per heavy atom. The van der Waals surface area contributed by atoms with E-state index in [4.69, 9.17) is 4.74 Å². The monoisotopic (exact) mass is 252 g/mol. The van der Waals surface area contributed by atoms with Crippen molar-refractivity contribution in [3.05, 3.63) is 24.3 Å². The number of carbonyl (C=O) groups is 1. The minimum atomic E-state index is -1.69. The number of hydrogen-bond donors (Lipinski definition) is 2. The van der Waals surface area contributed by atoms with Crippen LogP contribution in [0.15, 0.2) is 24.3 Å². The van der Waals surface area contributed by atoms with E-state index in [1.54, 1.807) is 0 Å².